The van der Waals surface area contributed by atoms with E-state index in [1.165, 1.54) is 32.1 Å². The highest BCUT2D eigenvalue weighted by molar-refractivity contribution is 5.94. The number of anilines is 1. The zero-order chi connectivity index (χ0) is 14.1. The Morgan fingerprint density at radius 1 is 1.35 bits per heavy atom. The van der Waals surface area contributed by atoms with Crippen molar-refractivity contribution in [1.29, 1.82) is 0 Å². The summed E-state index contributed by atoms with van der Waals surface area (Å²) in [5.74, 6) is 0.921. The summed E-state index contributed by atoms with van der Waals surface area (Å²) in [6.07, 6.45) is 9.17. The number of amides is 1. The van der Waals surface area contributed by atoms with Gasteiger partial charge in [0.25, 0.3) is 5.91 Å². The molecule has 0 spiro atoms. The fourth-order valence-corrected chi connectivity index (χ4v) is 3.94. The molecule has 1 aliphatic carbocycles. The lowest BCUT2D eigenvalue weighted by atomic mass is 9.85. The number of nitrogens with zero attached hydrogens (tertiary/aromatic N) is 2. The van der Waals surface area contributed by atoms with Crippen LogP contribution in [-0.2, 0) is 6.54 Å². The molecule has 1 saturated carbocycles. The van der Waals surface area contributed by atoms with Gasteiger partial charge in [-0.2, -0.15) is 0 Å². The second kappa shape index (κ2) is 5.51. The number of fused-ring (bicyclic) bond motifs is 1. The molecule has 2 aliphatic rings. The van der Waals surface area contributed by atoms with Crippen molar-refractivity contribution >= 4 is 11.6 Å². The van der Waals surface area contributed by atoms with E-state index >= 15 is 0 Å². The Kier molecular flexibility index (Phi) is 3.72. The number of likely N-dealkylation sites (tertiary alicyclic amines) is 1. The van der Waals surface area contributed by atoms with Crippen molar-refractivity contribution in [3.05, 3.63) is 18.0 Å². The van der Waals surface area contributed by atoms with E-state index in [0.717, 1.165) is 31.1 Å². The molecule has 2 atom stereocenters. The van der Waals surface area contributed by atoms with Crippen molar-refractivity contribution in [2.45, 2.75) is 58.0 Å². The van der Waals surface area contributed by atoms with Crippen LogP contribution < -0.4 is 5.73 Å². The largest absolute Gasteiger partial charge is 0.397 e. The molecular formula is C16H25N3O. The van der Waals surface area contributed by atoms with Gasteiger partial charge in [0.2, 0.25) is 0 Å². The summed E-state index contributed by atoms with van der Waals surface area (Å²) < 4.78 is 2.02. The van der Waals surface area contributed by atoms with Crippen LogP contribution in [0.4, 0.5) is 5.69 Å². The maximum absolute atomic E-state index is 12.9. The zero-order valence-corrected chi connectivity index (χ0v) is 12.3. The Morgan fingerprint density at radius 2 is 2.15 bits per heavy atom. The van der Waals surface area contributed by atoms with Crippen LogP contribution in [0.25, 0.3) is 0 Å². The van der Waals surface area contributed by atoms with Gasteiger partial charge in [0.1, 0.15) is 5.69 Å². The molecule has 0 bridgehead atoms. The van der Waals surface area contributed by atoms with Gasteiger partial charge in [0, 0.05) is 25.3 Å². The number of nitrogen functional groups attached to an aromatic ring is 1. The van der Waals surface area contributed by atoms with Crippen LogP contribution in [0.15, 0.2) is 12.3 Å². The van der Waals surface area contributed by atoms with Crippen molar-refractivity contribution < 1.29 is 4.79 Å². The van der Waals surface area contributed by atoms with Gasteiger partial charge in [-0.15, -0.1) is 0 Å². The fraction of sp³-hybridized carbons (Fsp3) is 0.688. The number of nitrogens with two attached hydrogens (primary N) is 1. The molecule has 2 heterocycles. The molecule has 2 fully saturated rings. The number of carbonyl (C=O) groups is 1. The average molecular weight is 275 g/mol. The first kappa shape index (κ1) is 13.5. The highest BCUT2D eigenvalue weighted by Gasteiger charge is 2.39. The molecule has 3 rings (SSSR count). The molecule has 0 radical (unpaired) electrons. The maximum atomic E-state index is 12.9. The molecule has 4 nitrogen and oxygen atoms in total. The Morgan fingerprint density at radius 3 is 2.95 bits per heavy atom. The maximum Gasteiger partial charge on any atom is 0.270 e. The van der Waals surface area contributed by atoms with E-state index in [4.69, 9.17) is 5.73 Å². The van der Waals surface area contributed by atoms with Gasteiger partial charge in [0.15, 0.2) is 0 Å². The van der Waals surface area contributed by atoms with Gasteiger partial charge in [-0.1, -0.05) is 19.8 Å². The summed E-state index contributed by atoms with van der Waals surface area (Å²) in [5.41, 5.74) is 7.36. The Bertz CT molecular complexity index is 494. The smallest absolute Gasteiger partial charge is 0.270 e. The van der Waals surface area contributed by atoms with Crippen LogP contribution in [0.1, 0.15) is 55.9 Å². The minimum absolute atomic E-state index is 0.185. The summed E-state index contributed by atoms with van der Waals surface area (Å²) in [5, 5.41) is 0. The lowest BCUT2D eigenvalue weighted by Gasteiger charge is -2.31. The van der Waals surface area contributed by atoms with Crippen LogP contribution in [0.2, 0.25) is 0 Å². The minimum Gasteiger partial charge on any atom is -0.397 e. The van der Waals surface area contributed by atoms with E-state index < -0.39 is 0 Å². The van der Waals surface area contributed by atoms with Crippen LogP contribution in [0, 0.1) is 5.92 Å². The fourth-order valence-electron chi connectivity index (χ4n) is 3.94. The van der Waals surface area contributed by atoms with Crippen molar-refractivity contribution in [3.63, 3.8) is 0 Å². The molecule has 2 unspecified atom stereocenters. The number of carbonyl (C=O) groups excluding carboxylic acids is 1. The first-order valence-electron chi connectivity index (χ1n) is 7.97. The van der Waals surface area contributed by atoms with Gasteiger partial charge in [0.05, 0.1) is 5.69 Å². The molecule has 1 aromatic heterocycles. The van der Waals surface area contributed by atoms with Crippen molar-refractivity contribution in [2.24, 2.45) is 5.92 Å². The molecule has 0 aromatic carbocycles. The number of hydrogen-bond donors (Lipinski definition) is 1. The monoisotopic (exact) mass is 275 g/mol. The first-order chi connectivity index (χ1) is 9.70. The van der Waals surface area contributed by atoms with Crippen molar-refractivity contribution in [1.82, 2.24) is 9.47 Å². The third kappa shape index (κ3) is 2.32. The molecule has 1 aromatic rings. The summed E-state index contributed by atoms with van der Waals surface area (Å²) in [6.45, 7) is 3.91. The molecule has 1 aliphatic heterocycles. The van der Waals surface area contributed by atoms with Gasteiger partial charge in [-0.3, -0.25) is 4.79 Å². The van der Waals surface area contributed by atoms with E-state index in [9.17, 15) is 4.79 Å². The zero-order valence-electron chi connectivity index (χ0n) is 12.3. The summed E-state index contributed by atoms with van der Waals surface area (Å²) >= 11 is 0. The lowest BCUT2D eigenvalue weighted by Crippen LogP contribution is -2.40. The number of aryl methyl sites for hydroxylation is 1. The molecule has 110 valence electrons. The number of aromatic nitrogens is 1. The predicted molar refractivity (Wildman–Crippen MR) is 80.5 cm³/mol. The minimum atomic E-state index is 0.185. The van der Waals surface area contributed by atoms with E-state index in [1.54, 1.807) is 0 Å². The number of hydrogen-bond acceptors (Lipinski definition) is 2. The second-order valence-corrected chi connectivity index (χ2v) is 6.25. The molecule has 4 heteroatoms. The standard InChI is InChI=1S/C16H25N3O/c1-2-8-18-11-13(17)10-15(18)16(20)19-9-7-12-5-3-4-6-14(12)19/h10-12,14H,2-9,17H2,1H3. The van der Waals surface area contributed by atoms with Gasteiger partial charge in [-0.25, -0.2) is 0 Å². The van der Waals surface area contributed by atoms with Crippen LogP contribution in [0.5, 0.6) is 0 Å². The lowest BCUT2D eigenvalue weighted by molar-refractivity contribution is 0.0679. The van der Waals surface area contributed by atoms with Gasteiger partial charge >= 0.3 is 0 Å². The summed E-state index contributed by atoms with van der Waals surface area (Å²) in [6, 6.07) is 2.32. The molecule has 1 saturated heterocycles. The Hall–Kier alpha value is -1.45. The van der Waals surface area contributed by atoms with E-state index in [1.807, 2.05) is 16.8 Å². The van der Waals surface area contributed by atoms with E-state index in [2.05, 4.69) is 11.8 Å². The third-order valence-electron chi connectivity index (χ3n) is 4.87. The van der Waals surface area contributed by atoms with Crippen LogP contribution in [0.3, 0.4) is 0 Å². The van der Waals surface area contributed by atoms with Gasteiger partial charge in [-0.05, 0) is 37.7 Å². The highest BCUT2D eigenvalue weighted by atomic mass is 16.2. The highest BCUT2D eigenvalue weighted by Crippen LogP contribution is 2.37. The third-order valence-corrected chi connectivity index (χ3v) is 4.87. The SMILES string of the molecule is CCCn1cc(N)cc1C(=O)N1CCC2CCCCC21. The topological polar surface area (TPSA) is 51.3 Å². The quantitative estimate of drug-likeness (QED) is 0.922. The van der Waals surface area contributed by atoms with E-state index in [0.29, 0.717) is 11.7 Å². The summed E-state index contributed by atoms with van der Waals surface area (Å²) in [4.78, 5) is 15.0. The Balaban J connectivity index is 1.82. The summed E-state index contributed by atoms with van der Waals surface area (Å²) in [7, 11) is 0. The van der Waals surface area contributed by atoms with Crippen molar-refractivity contribution in [3.8, 4) is 0 Å². The van der Waals surface area contributed by atoms with Crippen LogP contribution in [-0.4, -0.2) is 28.0 Å². The van der Waals surface area contributed by atoms with E-state index in [-0.39, 0.29) is 5.91 Å². The molecule has 20 heavy (non-hydrogen) atoms. The predicted octanol–water partition coefficient (Wildman–Crippen LogP) is 2.89. The molecule has 1 amide bonds. The van der Waals surface area contributed by atoms with Crippen LogP contribution >= 0.6 is 0 Å². The number of rotatable bonds is 3. The molecular weight excluding hydrogens is 250 g/mol. The average Bonchev–Trinajstić information content (AvgIpc) is 3.02. The second-order valence-electron chi connectivity index (χ2n) is 6.25. The first-order valence-corrected chi connectivity index (χ1v) is 7.97. The molecule has 2 N–H and O–H groups in total. The normalized spacial score (nSPS) is 25.8. The van der Waals surface area contributed by atoms with Crippen molar-refractivity contribution in [2.75, 3.05) is 12.3 Å². The Labute approximate surface area is 120 Å². The van der Waals surface area contributed by atoms with Gasteiger partial charge < -0.3 is 15.2 Å².